The molecule has 0 spiro atoms. The first-order valence-electron chi connectivity index (χ1n) is 7.22. The molecule has 0 bridgehead atoms. The van der Waals surface area contributed by atoms with Gasteiger partial charge in [0.05, 0.1) is 0 Å². The average Bonchev–Trinajstić information content (AvgIpc) is 2.45. The lowest BCUT2D eigenvalue weighted by molar-refractivity contribution is 0.159. The molecule has 1 saturated heterocycles. The summed E-state index contributed by atoms with van der Waals surface area (Å²) in [6.45, 7) is 5.35. The van der Waals surface area contributed by atoms with Gasteiger partial charge in [0, 0.05) is 43.9 Å². The van der Waals surface area contributed by atoms with Crippen molar-refractivity contribution in [3.05, 3.63) is 35.1 Å². The summed E-state index contributed by atoms with van der Waals surface area (Å²) in [5.74, 6) is -2.75. The van der Waals surface area contributed by atoms with Gasteiger partial charge in [-0.15, -0.1) is 0 Å². The van der Waals surface area contributed by atoms with E-state index in [4.69, 9.17) is 0 Å². The summed E-state index contributed by atoms with van der Waals surface area (Å²) >= 11 is 0. The van der Waals surface area contributed by atoms with Gasteiger partial charge < -0.3 is 5.32 Å². The third-order valence-corrected chi connectivity index (χ3v) is 3.82. The van der Waals surface area contributed by atoms with Gasteiger partial charge in [0.2, 0.25) is 0 Å². The minimum atomic E-state index is -1.12. The van der Waals surface area contributed by atoms with Crippen LogP contribution in [0.1, 0.15) is 37.8 Å². The monoisotopic (exact) mass is 286 g/mol. The van der Waals surface area contributed by atoms with Gasteiger partial charge in [0.25, 0.3) is 0 Å². The zero-order valence-corrected chi connectivity index (χ0v) is 11.8. The van der Waals surface area contributed by atoms with Crippen LogP contribution in [0.25, 0.3) is 0 Å². The van der Waals surface area contributed by atoms with Crippen molar-refractivity contribution in [2.45, 2.75) is 32.2 Å². The Morgan fingerprint density at radius 2 is 1.75 bits per heavy atom. The Bertz CT molecular complexity index is 445. The molecule has 1 aliphatic rings. The molecule has 1 heterocycles. The third kappa shape index (κ3) is 3.52. The lowest BCUT2D eigenvalue weighted by atomic mass is 9.98. The van der Waals surface area contributed by atoms with Crippen LogP contribution in [0.15, 0.2) is 12.1 Å². The molecule has 1 aromatic rings. The van der Waals surface area contributed by atoms with E-state index in [-0.39, 0.29) is 11.6 Å². The molecule has 0 unspecified atom stereocenters. The van der Waals surface area contributed by atoms with Crippen molar-refractivity contribution >= 4 is 0 Å². The quantitative estimate of drug-likeness (QED) is 0.836. The number of nitrogens with zero attached hydrogens (tertiary/aromatic N) is 1. The Labute approximate surface area is 118 Å². The Kier molecular flexibility index (Phi) is 5.43. The zero-order chi connectivity index (χ0) is 14.5. The zero-order valence-electron chi connectivity index (χ0n) is 11.8. The van der Waals surface area contributed by atoms with Crippen molar-refractivity contribution in [3.8, 4) is 0 Å². The molecular weight excluding hydrogens is 265 g/mol. The van der Waals surface area contributed by atoms with E-state index in [9.17, 15) is 13.2 Å². The minimum absolute atomic E-state index is 0.174. The third-order valence-electron chi connectivity index (χ3n) is 3.82. The lowest BCUT2D eigenvalue weighted by Crippen LogP contribution is -2.45. The van der Waals surface area contributed by atoms with Crippen molar-refractivity contribution in [3.63, 3.8) is 0 Å². The normalized spacial score (nSPS) is 18.2. The smallest absolute Gasteiger partial charge is 0.161 e. The van der Waals surface area contributed by atoms with Crippen LogP contribution in [0, 0.1) is 17.5 Å². The molecular formula is C15H21F3N2. The van der Waals surface area contributed by atoms with Crippen LogP contribution < -0.4 is 5.32 Å². The van der Waals surface area contributed by atoms with E-state index in [1.807, 2.05) is 0 Å². The predicted octanol–water partition coefficient (Wildman–Crippen LogP) is 3.24. The van der Waals surface area contributed by atoms with Crippen molar-refractivity contribution < 1.29 is 13.2 Å². The Hall–Kier alpha value is -1.07. The predicted molar refractivity (Wildman–Crippen MR) is 73.0 cm³/mol. The highest BCUT2D eigenvalue weighted by Crippen LogP contribution is 2.30. The molecule has 0 aliphatic carbocycles. The largest absolute Gasteiger partial charge is 0.314 e. The average molecular weight is 286 g/mol. The molecule has 0 amide bonds. The van der Waals surface area contributed by atoms with Crippen LogP contribution in [0.4, 0.5) is 13.2 Å². The summed E-state index contributed by atoms with van der Waals surface area (Å²) < 4.78 is 40.5. The number of hydrogen-bond acceptors (Lipinski definition) is 2. The first-order valence-corrected chi connectivity index (χ1v) is 7.22. The van der Waals surface area contributed by atoms with E-state index in [1.54, 1.807) is 0 Å². The van der Waals surface area contributed by atoms with Crippen LogP contribution in [0.2, 0.25) is 0 Å². The summed E-state index contributed by atoms with van der Waals surface area (Å²) in [6, 6.07) is 1.51. The van der Waals surface area contributed by atoms with Crippen molar-refractivity contribution in [1.82, 2.24) is 10.2 Å². The SMILES string of the molecule is CCCC[C@H](c1cc(F)c(F)cc1F)N1CCNCC1. The van der Waals surface area contributed by atoms with E-state index in [0.717, 1.165) is 51.5 Å². The summed E-state index contributed by atoms with van der Waals surface area (Å²) in [4.78, 5) is 2.15. The second-order valence-electron chi connectivity index (χ2n) is 5.23. The number of unbranched alkanes of at least 4 members (excludes halogenated alkanes) is 1. The summed E-state index contributed by atoms with van der Waals surface area (Å²) in [5.41, 5.74) is 0.277. The molecule has 5 heteroatoms. The number of hydrogen-bond donors (Lipinski definition) is 1. The number of piperazine rings is 1. The van der Waals surface area contributed by atoms with Crippen molar-refractivity contribution in [1.29, 1.82) is 0 Å². The molecule has 20 heavy (non-hydrogen) atoms. The second kappa shape index (κ2) is 7.09. The Morgan fingerprint density at radius 3 is 2.40 bits per heavy atom. The molecule has 112 valence electrons. The summed E-state index contributed by atoms with van der Waals surface area (Å²) in [6.07, 6.45) is 2.69. The van der Waals surface area contributed by atoms with Crippen LogP contribution in [0.5, 0.6) is 0 Å². The highest BCUT2D eigenvalue weighted by Gasteiger charge is 2.25. The molecule has 1 aromatic carbocycles. The maximum absolute atomic E-state index is 14.0. The van der Waals surface area contributed by atoms with Gasteiger partial charge in [-0.1, -0.05) is 19.8 Å². The fourth-order valence-corrected chi connectivity index (χ4v) is 2.72. The molecule has 0 saturated carbocycles. The fourth-order valence-electron chi connectivity index (χ4n) is 2.72. The maximum atomic E-state index is 14.0. The first-order chi connectivity index (χ1) is 9.63. The molecule has 1 fully saturated rings. The fraction of sp³-hybridized carbons (Fsp3) is 0.600. The standard InChI is InChI=1S/C15H21F3N2/c1-2-3-4-15(20-7-5-19-6-8-20)11-9-13(17)14(18)10-12(11)16/h9-10,15,19H,2-8H2,1H3/t15-/m1/s1. The first kappa shape index (κ1) is 15.3. The number of benzene rings is 1. The van der Waals surface area contributed by atoms with Crippen LogP contribution in [-0.4, -0.2) is 31.1 Å². The van der Waals surface area contributed by atoms with E-state index in [1.165, 1.54) is 0 Å². The number of nitrogens with one attached hydrogen (secondary N) is 1. The highest BCUT2D eigenvalue weighted by molar-refractivity contribution is 5.24. The topological polar surface area (TPSA) is 15.3 Å². The maximum Gasteiger partial charge on any atom is 0.161 e. The van der Waals surface area contributed by atoms with E-state index < -0.39 is 17.5 Å². The van der Waals surface area contributed by atoms with Gasteiger partial charge in [-0.2, -0.15) is 0 Å². The summed E-state index contributed by atoms with van der Waals surface area (Å²) in [5, 5.41) is 3.24. The minimum Gasteiger partial charge on any atom is -0.314 e. The van der Waals surface area contributed by atoms with Crippen LogP contribution >= 0.6 is 0 Å². The number of rotatable bonds is 5. The van der Waals surface area contributed by atoms with Gasteiger partial charge in [-0.05, 0) is 12.5 Å². The molecule has 0 radical (unpaired) electrons. The van der Waals surface area contributed by atoms with Crippen molar-refractivity contribution in [2.75, 3.05) is 26.2 Å². The second-order valence-corrected chi connectivity index (χ2v) is 5.23. The van der Waals surface area contributed by atoms with E-state index in [2.05, 4.69) is 17.1 Å². The van der Waals surface area contributed by atoms with Gasteiger partial charge in [-0.3, -0.25) is 4.90 Å². The van der Waals surface area contributed by atoms with Crippen LogP contribution in [0.3, 0.4) is 0 Å². The molecule has 1 aliphatic heterocycles. The molecule has 0 aromatic heterocycles. The molecule has 1 N–H and O–H groups in total. The summed E-state index contributed by atoms with van der Waals surface area (Å²) in [7, 11) is 0. The molecule has 2 rings (SSSR count). The highest BCUT2D eigenvalue weighted by atomic mass is 19.2. The lowest BCUT2D eigenvalue weighted by Gasteiger charge is -2.35. The molecule has 1 atom stereocenters. The number of halogens is 3. The molecule has 2 nitrogen and oxygen atoms in total. The van der Waals surface area contributed by atoms with Gasteiger partial charge in [-0.25, -0.2) is 13.2 Å². The Balaban J connectivity index is 2.27. The van der Waals surface area contributed by atoms with Gasteiger partial charge in [0.15, 0.2) is 11.6 Å². The van der Waals surface area contributed by atoms with Gasteiger partial charge in [0.1, 0.15) is 5.82 Å². The Morgan fingerprint density at radius 1 is 1.10 bits per heavy atom. The van der Waals surface area contributed by atoms with Crippen molar-refractivity contribution in [2.24, 2.45) is 0 Å². The van der Waals surface area contributed by atoms with E-state index >= 15 is 0 Å². The van der Waals surface area contributed by atoms with E-state index in [0.29, 0.717) is 6.07 Å². The van der Waals surface area contributed by atoms with Crippen LogP contribution in [-0.2, 0) is 0 Å². The van der Waals surface area contributed by atoms with Gasteiger partial charge >= 0.3 is 0 Å².